The van der Waals surface area contributed by atoms with Gasteiger partial charge in [-0.05, 0) is 49.8 Å². The van der Waals surface area contributed by atoms with Crippen molar-refractivity contribution in [2.75, 3.05) is 29.9 Å². The molecule has 1 fully saturated rings. The highest BCUT2D eigenvalue weighted by atomic mass is 16.3. The SMILES string of the molecule is CC1CCN(c2cccc(NC(=O)NC(C)C(C)CO)c2)CC1. The molecule has 0 aliphatic carbocycles. The minimum absolute atomic E-state index is 0.0300. The van der Waals surface area contributed by atoms with Crippen LogP contribution in [0.5, 0.6) is 0 Å². The first-order valence-corrected chi connectivity index (χ1v) is 8.53. The van der Waals surface area contributed by atoms with Gasteiger partial charge in [-0.3, -0.25) is 0 Å². The van der Waals surface area contributed by atoms with Gasteiger partial charge in [0.05, 0.1) is 0 Å². The molecule has 23 heavy (non-hydrogen) atoms. The third kappa shape index (κ3) is 5.13. The van der Waals surface area contributed by atoms with Crippen molar-refractivity contribution in [3.05, 3.63) is 24.3 Å². The lowest BCUT2D eigenvalue weighted by atomic mass is 9.99. The molecule has 2 unspecified atom stereocenters. The van der Waals surface area contributed by atoms with Crippen LogP contribution in [0.15, 0.2) is 24.3 Å². The van der Waals surface area contributed by atoms with Crippen molar-refractivity contribution in [3.8, 4) is 0 Å². The van der Waals surface area contributed by atoms with Gasteiger partial charge in [-0.25, -0.2) is 4.79 Å². The third-order valence-electron chi connectivity index (χ3n) is 4.75. The van der Waals surface area contributed by atoms with Crippen LogP contribution in [0.1, 0.15) is 33.6 Å². The largest absolute Gasteiger partial charge is 0.396 e. The second-order valence-corrected chi connectivity index (χ2v) is 6.77. The van der Waals surface area contributed by atoms with Gasteiger partial charge in [-0.2, -0.15) is 0 Å². The Labute approximate surface area is 139 Å². The quantitative estimate of drug-likeness (QED) is 0.781. The predicted octanol–water partition coefficient (Wildman–Crippen LogP) is 3.06. The van der Waals surface area contributed by atoms with Crippen molar-refractivity contribution < 1.29 is 9.90 Å². The molecule has 5 heteroatoms. The maximum Gasteiger partial charge on any atom is 0.319 e. The van der Waals surface area contributed by atoms with Gasteiger partial charge in [-0.1, -0.05) is 19.9 Å². The van der Waals surface area contributed by atoms with Crippen LogP contribution < -0.4 is 15.5 Å². The fourth-order valence-corrected chi connectivity index (χ4v) is 2.72. The summed E-state index contributed by atoms with van der Waals surface area (Å²) in [6.45, 7) is 8.30. The van der Waals surface area contributed by atoms with Crippen LogP contribution in [0.2, 0.25) is 0 Å². The zero-order valence-corrected chi connectivity index (χ0v) is 14.4. The number of benzene rings is 1. The summed E-state index contributed by atoms with van der Waals surface area (Å²) in [5, 5.41) is 14.9. The molecule has 0 aromatic heterocycles. The molecule has 3 N–H and O–H groups in total. The van der Waals surface area contributed by atoms with Crippen LogP contribution >= 0.6 is 0 Å². The molecular weight excluding hydrogens is 290 g/mol. The summed E-state index contributed by atoms with van der Waals surface area (Å²) in [4.78, 5) is 14.4. The Morgan fingerprint density at radius 1 is 1.35 bits per heavy atom. The zero-order chi connectivity index (χ0) is 16.8. The lowest BCUT2D eigenvalue weighted by molar-refractivity contribution is 0.204. The predicted molar refractivity (Wildman–Crippen MR) is 94.9 cm³/mol. The number of anilines is 2. The van der Waals surface area contributed by atoms with Crippen molar-refractivity contribution >= 4 is 17.4 Å². The summed E-state index contributed by atoms with van der Waals surface area (Å²) in [6, 6.07) is 7.68. The van der Waals surface area contributed by atoms with E-state index in [-0.39, 0.29) is 24.6 Å². The van der Waals surface area contributed by atoms with E-state index in [4.69, 9.17) is 5.11 Å². The molecule has 1 aromatic rings. The van der Waals surface area contributed by atoms with E-state index < -0.39 is 0 Å². The zero-order valence-electron chi connectivity index (χ0n) is 14.4. The van der Waals surface area contributed by atoms with Gasteiger partial charge in [0, 0.05) is 37.1 Å². The Kier molecular flexibility index (Phi) is 6.28. The summed E-state index contributed by atoms with van der Waals surface area (Å²) in [7, 11) is 0. The molecule has 5 nitrogen and oxygen atoms in total. The first-order valence-electron chi connectivity index (χ1n) is 8.53. The molecule has 1 aliphatic rings. The Balaban J connectivity index is 1.93. The lowest BCUT2D eigenvalue weighted by Gasteiger charge is -2.32. The number of carbonyl (C=O) groups is 1. The van der Waals surface area contributed by atoms with Crippen LogP contribution in [0.25, 0.3) is 0 Å². The molecule has 0 radical (unpaired) electrons. The molecule has 1 aromatic carbocycles. The minimum Gasteiger partial charge on any atom is -0.396 e. The van der Waals surface area contributed by atoms with Gasteiger partial charge < -0.3 is 20.6 Å². The number of carbonyl (C=O) groups excluding carboxylic acids is 1. The van der Waals surface area contributed by atoms with Gasteiger partial charge in [-0.15, -0.1) is 0 Å². The highest BCUT2D eigenvalue weighted by molar-refractivity contribution is 5.90. The van der Waals surface area contributed by atoms with Crippen molar-refractivity contribution in [1.29, 1.82) is 0 Å². The maximum atomic E-state index is 12.1. The van der Waals surface area contributed by atoms with Crippen LogP contribution in [0.4, 0.5) is 16.2 Å². The molecule has 1 heterocycles. The van der Waals surface area contributed by atoms with Gasteiger partial charge in [0.15, 0.2) is 0 Å². The summed E-state index contributed by atoms with van der Waals surface area (Å²) >= 11 is 0. The first kappa shape index (κ1) is 17.6. The Hall–Kier alpha value is -1.75. The molecule has 2 atom stereocenters. The van der Waals surface area contributed by atoms with Gasteiger partial charge in [0.2, 0.25) is 0 Å². The van der Waals surface area contributed by atoms with Crippen molar-refractivity contribution in [2.45, 2.75) is 39.7 Å². The van der Waals surface area contributed by atoms with E-state index in [0.29, 0.717) is 0 Å². The lowest BCUT2D eigenvalue weighted by Crippen LogP contribution is -2.40. The second kappa shape index (κ2) is 8.20. The fraction of sp³-hybridized carbons (Fsp3) is 0.611. The van der Waals surface area contributed by atoms with Crippen molar-refractivity contribution in [1.82, 2.24) is 5.32 Å². The monoisotopic (exact) mass is 319 g/mol. The highest BCUT2D eigenvalue weighted by Crippen LogP contribution is 2.25. The number of nitrogens with zero attached hydrogens (tertiary/aromatic N) is 1. The molecule has 1 saturated heterocycles. The molecule has 0 spiro atoms. The van der Waals surface area contributed by atoms with Gasteiger partial charge in [0.25, 0.3) is 0 Å². The number of amides is 2. The van der Waals surface area contributed by atoms with E-state index in [1.54, 1.807) is 0 Å². The van der Waals surface area contributed by atoms with E-state index in [0.717, 1.165) is 30.4 Å². The van der Waals surface area contributed by atoms with Crippen LogP contribution in [-0.2, 0) is 0 Å². The molecule has 2 rings (SSSR count). The number of aliphatic hydroxyl groups excluding tert-OH is 1. The molecule has 0 bridgehead atoms. The van der Waals surface area contributed by atoms with Crippen molar-refractivity contribution in [3.63, 3.8) is 0 Å². The van der Waals surface area contributed by atoms with Crippen molar-refractivity contribution in [2.24, 2.45) is 11.8 Å². The van der Waals surface area contributed by atoms with E-state index in [1.807, 2.05) is 32.0 Å². The highest BCUT2D eigenvalue weighted by Gasteiger charge is 2.17. The average Bonchev–Trinajstić information content (AvgIpc) is 2.54. The normalized spacial score (nSPS) is 18.3. The number of urea groups is 1. The number of nitrogens with one attached hydrogen (secondary N) is 2. The smallest absolute Gasteiger partial charge is 0.319 e. The number of piperidine rings is 1. The molecule has 2 amide bonds. The number of hydrogen-bond donors (Lipinski definition) is 3. The van der Waals surface area contributed by atoms with Crippen LogP contribution in [0.3, 0.4) is 0 Å². The van der Waals surface area contributed by atoms with Crippen LogP contribution in [0, 0.1) is 11.8 Å². The van der Waals surface area contributed by atoms with E-state index >= 15 is 0 Å². The topological polar surface area (TPSA) is 64.6 Å². The van der Waals surface area contributed by atoms with Crippen LogP contribution in [-0.4, -0.2) is 36.9 Å². The summed E-state index contributed by atoms with van der Waals surface area (Å²) in [6.07, 6.45) is 2.43. The second-order valence-electron chi connectivity index (χ2n) is 6.77. The minimum atomic E-state index is -0.234. The third-order valence-corrected chi connectivity index (χ3v) is 4.75. The summed E-state index contributed by atoms with van der Waals surface area (Å²) in [5.41, 5.74) is 1.95. The Morgan fingerprint density at radius 2 is 2.04 bits per heavy atom. The number of hydrogen-bond acceptors (Lipinski definition) is 3. The summed E-state index contributed by atoms with van der Waals surface area (Å²) in [5.74, 6) is 0.829. The molecular formula is C18H29N3O2. The molecule has 0 saturated carbocycles. The average molecular weight is 319 g/mol. The first-order chi connectivity index (χ1) is 11.0. The maximum absolute atomic E-state index is 12.1. The van der Waals surface area contributed by atoms with Gasteiger partial charge in [0.1, 0.15) is 0 Å². The standard InChI is InChI=1S/C18H29N3O2/c1-13-7-9-21(10-8-13)17-6-4-5-16(11-17)20-18(23)19-15(3)14(2)12-22/h4-6,11,13-15,22H,7-10,12H2,1-3H3,(H2,19,20,23). The van der Waals surface area contributed by atoms with E-state index in [9.17, 15) is 4.79 Å². The Morgan fingerprint density at radius 3 is 2.70 bits per heavy atom. The Bertz CT molecular complexity index is 513. The van der Waals surface area contributed by atoms with E-state index in [2.05, 4.69) is 28.5 Å². The number of rotatable bonds is 5. The van der Waals surface area contributed by atoms with E-state index in [1.165, 1.54) is 12.8 Å². The number of aliphatic hydroxyl groups is 1. The fourth-order valence-electron chi connectivity index (χ4n) is 2.72. The summed E-state index contributed by atoms with van der Waals surface area (Å²) < 4.78 is 0. The molecule has 128 valence electrons. The molecule has 1 aliphatic heterocycles. The van der Waals surface area contributed by atoms with Gasteiger partial charge >= 0.3 is 6.03 Å².